The third kappa shape index (κ3) is 5.81. The SMILES string of the molecule is C=CC(=O)N1CC(C)N(c2nc(=O)n(-c3c(N(CC)CC)ccnc3C(C)C)c3nc(-c4ccccc4C)c(Cl)cc23)CC1C. The van der Waals surface area contributed by atoms with E-state index in [9.17, 15) is 9.59 Å². The molecule has 1 saturated heterocycles. The van der Waals surface area contributed by atoms with Gasteiger partial charge in [-0.25, -0.2) is 14.3 Å². The number of pyridine rings is 2. The number of amides is 1. The van der Waals surface area contributed by atoms with Gasteiger partial charge >= 0.3 is 5.69 Å². The Hall–Kier alpha value is -4.24. The average Bonchev–Trinajstić information content (AvgIpc) is 3.02. The highest BCUT2D eigenvalue weighted by Crippen LogP contribution is 2.38. The summed E-state index contributed by atoms with van der Waals surface area (Å²) in [7, 11) is 0. The summed E-state index contributed by atoms with van der Waals surface area (Å²) in [6, 6.07) is 11.5. The quantitative estimate of drug-likeness (QED) is 0.209. The van der Waals surface area contributed by atoms with E-state index in [4.69, 9.17) is 26.6 Å². The summed E-state index contributed by atoms with van der Waals surface area (Å²) in [5.41, 5.74) is 4.87. The summed E-state index contributed by atoms with van der Waals surface area (Å²) in [5, 5.41) is 1.12. The van der Waals surface area contributed by atoms with E-state index in [2.05, 4.69) is 44.1 Å². The van der Waals surface area contributed by atoms with E-state index in [-0.39, 0.29) is 23.9 Å². The Morgan fingerprint density at radius 1 is 1.11 bits per heavy atom. The van der Waals surface area contributed by atoms with Crippen molar-refractivity contribution in [2.45, 2.75) is 66.5 Å². The number of anilines is 2. The predicted octanol–water partition coefficient (Wildman–Crippen LogP) is 6.39. The number of aryl methyl sites for hydroxylation is 1. The third-order valence-electron chi connectivity index (χ3n) is 8.72. The van der Waals surface area contributed by atoms with Crippen molar-refractivity contribution < 1.29 is 4.79 Å². The Bertz CT molecular complexity index is 1810. The summed E-state index contributed by atoms with van der Waals surface area (Å²) < 4.78 is 1.62. The van der Waals surface area contributed by atoms with Crippen LogP contribution in [0.3, 0.4) is 0 Å². The van der Waals surface area contributed by atoms with E-state index in [0.29, 0.717) is 46.3 Å². The molecule has 0 aliphatic carbocycles. The molecule has 1 amide bonds. The summed E-state index contributed by atoms with van der Waals surface area (Å²) in [5.74, 6) is 0.412. The Balaban J connectivity index is 1.87. The molecule has 0 spiro atoms. The standard InChI is InChI=1S/C35H42ClN7O2/c1-9-29(44)41-19-24(8)42(20-23(41)7)33-26-18-27(36)31(25-15-13-12-14-22(25)6)38-34(26)43(35(45)39-33)32-28(40(10-2)11-3)16-17-37-30(32)21(4)5/h9,12-18,21,23-24H,1,10-11,19-20H2,2-8H3. The number of benzene rings is 1. The van der Waals surface area contributed by atoms with Gasteiger partial charge in [-0.3, -0.25) is 9.78 Å². The minimum absolute atomic E-state index is 0.0247. The molecular weight excluding hydrogens is 586 g/mol. The first kappa shape index (κ1) is 32.2. The number of carbonyl (C=O) groups is 1. The molecule has 236 valence electrons. The lowest BCUT2D eigenvalue weighted by Gasteiger charge is -2.44. The number of hydrogen-bond acceptors (Lipinski definition) is 7. The number of fused-ring (bicyclic) bond motifs is 1. The Morgan fingerprint density at radius 3 is 2.47 bits per heavy atom. The van der Waals surface area contributed by atoms with Gasteiger partial charge in [0.15, 0.2) is 5.65 Å². The van der Waals surface area contributed by atoms with Gasteiger partial charge in [-0.05, 0) is 64.3 Å². The summed E-state index contributed by atoms with van der Waals surface area (Å²) in [4.78, 5) is 47.9. The normalized spacial score (nSPS) is 16.8. The van der Waals surface area contributed by atoms with Crippen molar-refractivity contribution in [3.8, 4) is 16.9 Å². The molecule has 1 fully saturated rings. The maximum atomic E-state index is 14.5. The van der Waals surface area contributed by atoms with Crippen molar-refractivity contribution in [3.05, 3.63) is 82.0 Å². The monoisotopic (exact) mass is 627 g/mol. The number of halogens is 1. The molecule has 4 aromatic rings. The largest absolute Gasteiger partial charge is 0.370 e. The number of carbonyl (C=O) groups excluding carboxylic acids is 1. The van der Waals surface area contributed by atoms with Crippen LogP contribution in [0.15, 0.2) is 60.0 Å². The highest BCUT2D eigenvalue weighted by Gasteiger charge is 2.34. The van der Waals surface area contributed by atoms with Crippen LogP contribution in [0.25, 0.3) is 28.0 Å². The molecule has 0 N–H and O–H groups in total. The Kier molecular flexibility index (Phi) is 9.30. The molecule has 1 aliphatic rings. The van der Waals surface area contributed by atoms with Gasteiger partial charge in [0.25, 0.3) is 0 Å². The van der Waals surface area contributed by atoms with Gasteiger partial charge in [-0.15, -0.1) is 0 Å². The van der Waals surface area contributed by atoms with Crippen molar-refractivity contribution in [1.29, 1.82) is 0 Å². The van der Waals surface area contributed by atoms with Crippen LogP contribution in [-0.2, 0) is 4.79 Å². The molecule has 1 aromatic carbocycles. The fraction of sp³-hybridized carbons (Fsp3) is 0.400. The summed E-state index contributed by atoms with van der Waals surface area (Å²) >= 11 is 7.03. The van der Waals surface area contributed by atoms with Crippen molar-refractivity contribution in [3.63, 3.8) is 0 Å². The third-order valence-corrected chi connectivity index (χ3v) is 9.01. The molecule has 1 aliphatic heterocycles. The lowest BCUT2D eigenvalue weighted by atomic mass is 10.0. The second kappa shape index (κ2) is 13.0. The van der Waals surface area contributed by atoms with Gasteiger partial charge in [0, 0.05) is 50.0 Å². The first-order valence-corrected chi connectivity index (χ1v) is 16.0. The molecule has 2 atom stereocenters. The maximum absolute atomic E-state index is 14.5. The highest BCUT2D eigenvalue weighted by molar-refractivity contribution is 6.34. The maximum Gasteiger partial charge on any atom is 0.355 e. The van der Waals surface area contributed by atoms with Crippen molar-refractivity contribution >= 4 is 40.0 Å². The van der Waals surface area contributed by atoms with Gasteiger partial charge < -0.3 is 14.7 Å². The minimum atomic E-state index is -0.448. The molecule has 45 heavy (non-hydrogen) atoms. The van der Waals surface area contributed by atoms with Crippen molar-refractivity contribution in [1.82, 2.24) is 24.4 Å². The predicted molar refractivity (Wildman–Crippen MR) is 184 cm³/mol. The molecule has 4 heterocycles. The van der Waals surface area contributed by atoms with E-state index < -0.39 is 5.69 Å². The molecule has 0 saturated carbocycles. The Labute approximate surface area is 270 Å². The minimum Gasteiger partial charge on any atom is -0.370 e. The molecule has 0 radical (unpaired) electrons. The molecule has 0 bridgehead atoms. The molecular formula is C35H42ClN7O2. The van der Waals surface area contributed by atoms with Crippen molar-refractivity contribution in [2.24, 2.45) is 0 Å². The van der Waals surface area contributed by atoms with Crippen LogP contribution in [-0.4, -0.2) is 68.6 Å². The average molecular weight is 628 g/mol. The molecule has 9 nitrogen and oxygen atoms in total. The van der Waals surface area contributed by atoms with Crippen LogP contribution < -0.4 is 15.5 Å². The fourth-order valence-electron chi connectivity index (χ4n) is 6.33. The van der Waals surface area contributed by atoms with E-state index >= 15 is 0 Å². The van der Waals surface area contributed by atoms with Crippen LogP contribution in [0.4, 0.5) is 11.5 Å². The van der Waals surface area contributed by atoms with Crippen LogP contribution in [0.2, 0.25) is 5.02 Å². The first-order chi connectivity index (χ1) is 21.5. The molecule has 2 unspecified atom stereocenters. The highest BCUT2D eigenvalue weighted by atomic mass is 35.5. The summed E-state index contributed by atoms with van der Waals surface area (Å²) in [6.45, 7) is 20.5. The first-order valence-electron chi connectivity index (χ1n) is 15.6. The zero-order valence-electron chi connectivity index (χ0n) is 27.2. The van der Waals surface area contributed by atoms with Gasteiger partial charge in [0.05, 0.1) is 33.2 Å². The van der Waals surface area contributed by atoms with Crippen molar-refractivity contribution in [2.75, 3.05) is 36.0 Å². The second-order valence-electron chi connectivity index (χ2n) is 12.0. The number of rotatable bonds is 8. The van der Waals surface area contributed by atoms with Gasteiger partial charge in [0.1, 0.15) is 5.82 Å². The lowest BCUT2D eigenvalue weighted by Crippen LogP contribution is -2.58. The van der Waals surface area contributed by atoms with Gasteiger partial charge in [0.2, 0.25) is 5.91 Å². The number of hydrogen-bond donors (Lipinski definition) is 0. The van der Waals surface area contributed by atoms with Crippen LogP contribution in [0.1, 0.15) is 58.7 Å². The lowest BCUT2D eigenvalue weighted by molar-refractivity contribution is -0.128. The Morgan fingerprint density at radius 2 is 1.82 bits per heavy atom. The van der Waals surface area contributed by atoms with E-state index in [0.717, 1.165) is 35.6 Å². The molecule has 10 heteroatoms. The molecule has 3 aromatic heterocycles. The van der Waals surface area contributed by atoms with E-state index in [1.807, 2.05) is 57.2 Å². The zero-order valence-corrected chi connectivity index (χ0v) is 28.0. The topological polar surface area (TPSA) is 87.5 Å². The second-order valence-corrected chi connectivity index (χ2v) is 12.4. The number of aromatic nitrogens is 4. The number of nitrogens with zero attached hydrogens (tertiary/aromatic N) is 7. The van der Waals surface area contributed by atoms with E-state index in [1.54, 1.807) is 15.7 Å². The van der Waals surface area contributed by atoms with Crippen LogP contribution in [0, 0.1) is 6.92 Å². The zero-order chi connectivity index (χ0) is 32.6. The summed E-state index contributed by atoms with van der Waals surface area (Å²) in [6.07, 6.45) is 3.15. The van der Waals surface area contributed by atoms with Crippen LogP contribution in [0.5, 0.6) is 0 Å². The van der Waals surface area contributed by atoms with Crippen LogP contribution >= 0.6 is 11.6 Å². The fourth-order valence-corrected chi connectivity index (χ4v) is 6.58. The van der Waals surface area contributed by atoms with E-state index in [1.165, 1.54) is 6.08 Å². The molecule has 5 rings (SSSR count). The van der Waals surface area contributed by atoms with Gasteiger partial charge in [-0.1, -0.05) is 56.3 Å². The smallest absolute Gasteiger partial charge is 0.355 e. The number of piperazine rings is 1. The van der Waals surface area contributed by atoms with Gasteiger partial charge in [-0.2, -0.15) is 4.98 Å².